The van der Waals surface area contributed by atoms with Crippen LogP contribution in [-0.2, 0) is 20.1 Å². The van der Waals surface area contributed by atoms with Crippen molar-refractivity contribution in [2.45, 2.75) is 50.8 Å². The molecule has 4 rings (SSSR count). The van der Waals surface area contributed by atoms with Crippen LogP contribution >= 0.6 is 11.8 Å². The second kappa shape index (κ2) is 9.52. The van der Waals surface area contributed by atoms with E-state index >= 15 is 0 Å². The molecule has 2 aromatic carbocycles. The van der Waals surface area contributed by atoms with Crippen LogP contribution in [-0.4, -0.2) is 28.7 Å². The Morgan fingerprint density at radius 1 is 0.968 bits per heavy atom. The van der Waals surface area contributed by atoms with Crippen molar-refractivity contribution in [1.82, 2.24) is 4.90 Å². The first-order valence-corrected chi connectivity index (χ1v) is 11.7. The summed E-state index contributed by atoms with van der Waals surface area (Å²) < 4.78 is 0. The molecule has 0 aromatic heterocycles. The van der Waals surface area contributed by atoms with Crippen LogP contribution in [0.25, 0.3) is 5.57 Å². The topological polar surface area (TPSA) is 66.5 Å². The zero-order valence-corrected chi connectivity index (χ0v) is 18.4. The Labute approximate surface area is 186 Å². The molecule has 3 amide bonds. The minimum absolute atomic E-state index is 0.0165. The number of hydrogen-bond acceptors (Lipinski definition) is 4. The van der Waals surface area contributed by atoms with Crippen molar-refractivity contribution in [3.63, 3.8) is 0 Å². The van der Waals surface area contributed by atoms with Crippen LogP contribution in [0.3, 0.4) is 0 Å². The standard InChI is InChI=1S/C25H26N2O3S/c1-17(28)26-20-14-12-19(13-15-20)22-23(31-16-18-8-4-2-5-9-18)25(30)27(24(22)29)21-10-6-3-7-11-21/h2,4-5,8-9,12-15,21H,3,6-7,10-11,16H2,1H3,(H,26,28). The van der Waals surface area contributed by atoms with E-state index in [-0.39, 0.29) is 23.8 Å². The summed E-state index contributed by atoms with van der Waals surface area (Å²) in [6.45, 7) is 1.45. The number of anilines is 1. The molecule has 1 fully saturated rings. The van der Waals surface area contributed by atoms with Gasteiger partial charge in [-0.05, 0) is 36.1 Å². The number of carbonyl (C=O) groups excluding carboxylic acids is 3. The van der Waals surface area contributed by atoms with E-state index in [1.165, 1.54) is 23.6 Å². The van der Waals surface area contributed by atoms with E-state index < -0.39 is 0 Å². The Hall–Kier alpha value is -2.86. The number of benzene rings is 2. The Morgan fingerprint density at radius 3 is 2.29 bits per heavy atom. The lowest BCUT2D eigenvalue weighted by Gasteiger charge is -2.29. The van der Waals surface area contributed by atoms with Gasteiger partial charge in [-0.15, -0.1) is 11.8 Å². The summed E-state index contributed by atoms with van der Waals surface area (Å²) in [6.07, 6.45) is 5.02. The molecule has 1 heterocycles. The molecule has 5 nitrogen and oxygen atoms in total. The monoisotopic (exact) mass is 434 g/mol. The Balaban J connectivity index is 1.66. The molecular weight excluding hydrogens is 408 g/mol. The largest absolute Gasteiger partial charge is 0.326 e. The molecule has 1 N–H and O–H groups in total. The maximum absolute atomic E-state index is 13.5. The highest BCUT2D eigenvalue weighted by Crippen LogP contribution is 2.40. The van der Waals surface area contributed by atoms with Crippen LogP contribution in [0.2, 0.25) is 0 Å². The van der Waals surface area contributed by atoms with E-state index in [1.54, 1.807) is 24.3 Å². The third kappa shape index (κ3) is 4.74. The van der Waals surface area contributed by atoms with Crippen molar-refractivity contribution in [2.75, 3.05) is 5.32 Å². The fourth-order valence-corrected chi connectivity index (χ4v) is 5.31. The van der Waals surface area contributed by atoms with Gasteiger partial charge in [-0.2, -0.15) is 0 Å². The summed E-state index contributed by atoms with van der Waals surface area (Å²) in [4.78, 5) is 40.2. The fraction of sp³-hybridized carbons (Fsp3) is 0.320. The molecule has 0 saturated heterocycles. The van der Waals surface area contributed by atoms with Crippen LogP contribution in [0.5, 0.6) is 0 Å². The SMILES string of the molecule is CC(=O)Nc1ccc(C2=C(SCc3ccccc3)C(=O)N(C3CCCCC3)C2=O)cc1. The van der Waals surface area contributed by atoms with Crippen molar-refractivity contribution in [2.24, 2.45) is 0 Å². The van der Waals surface area contributed by atoms with Gasteiger partial charge in [0.2, 0.25) is 5.91 Å². The molecule has 2 aliphatic rings. The van der Waals surface area contributed by atoms with Gasteiger partial charge in [0.05, 0.1) is 10.5 Å². The van der Waals surface area contributed by atoms with Crippen molar-refractivity contribution in [3.05, 3.63) is 70.6 Å². The van der Waals surface area contributed by atoms with E-state index in [4.69, 9.17) is 0 Å². The summed E-state index contributed by atoms with van der Waals surface area (Å²) in [6, 6.07) is 17.1. The second-order valence-corrected chi connectivity index (χ2v) is 8.99. The molecule has 31 heavy (non-hydrogen) atoms. The number of carbonyl (C=O) groups is 3. The molecule has 0 bridgehead atoms. The first-order chi connectivity index (χ1) is 15.0. The third-order valence-electron chi connectivity index (χ3n) is 5.73. The number of nitrogens with zero attached hydrogens (tertiary/aromatic N) is 1. The van der Waals surface area contributed by atoms with Crippen molar-refractivity contribution in [3.8, 4) is 0 Å². The molecule has 0 spiro atoms. The van der Waals surface area contributed by atoms with Crippen LogP contribution < -0.4 is 5.32 Å². The molecule has 160 valence electrons. The number of hydrogen-bond donors (Lipinski definition) is 1. The van der Waals surface area contributed by atoms with Gasteiger partial charge in [0.25, 0.3) is 11.8 Å². The summed E-state index contributed by atoms with van der Waals surface area (Å²) >= 11 is 1.43. The minimum Gasteiger partial charge on any atom is -0.326 e. The Kier molecular flexibility index (Phi) is 6.56. The van der Waals surface area contributed by atoms with E-state index in [0.717, 1.165) is 37.7 Å². The number of amides is 3. The van der Waals surface area contributed by atoms with Gasteiger partial charge in [0, 0.05) is 24.4 Å². The predicted octanol–water partition coefficient (Wildman–Crippen LogP) is 4.99. The van der Waals surface area contributed by atoms with Gasteiger partial charge in [-0.25, -0.2) is 0 Å². The van der Waals surface area contributed by atoms with Crippen molar-refractivity contribution in [1.29, 1.82) is 0 Å². The van der Waals surface area contributed by atoms with Gasteiger partial charge < -0.3 is 5.32 Å². The van der Waals surface area contributed by atoms with Gasteiger partial charge in [0.15, 0.2) is 0 Å². The maximum Gasteiger partial charge on any atom is 0.268 e. The van der Waals surface area contributed by atoms with E-state index in [0.29, 0.717) is 27.5 Å². The normalized spacial score (nSPS) is 17.4. The number of rotatable bonds is 6. The van der Waals surface area contributed by atoms with E-state index in [2.05, 4.69) is 5.32 Å². The molecule has 0 atom stereocenters. The molecule has 2 aromatic rings. The molecule has 0 radical (unpaired) electrons. The number of thioether (sulfide) groups is 1. The minimum atomic E-state index is -0.195. The maximum atomic E-state index is 13.5. The van der Waals surface area contributed by atoms with Gasteiger partial charge in [0.1, 0.15) is 0 Å². The van der Waals surface area contributed by atoms with Gasteiger partial charge >= 0.3 is 0 Å². The van der Waals surface area contributed by atoms with Crippen LogP contribution in [0.1, 0.15) is 50.2 Å². The molecule has 1 saturated carbocycles. The van der Waals surface area contributed by atoms with Crippen molar-refractivity contribution >= 4 is 40.7 Å². The highest BCUT2D eigenvalue weighted by atomic mass is 32.2. The van der Waals surface area contributed by atoms with Crippen molar-refractivity contribution < 1.29 is 14.4 Å². The van der Waals surface area contributed by atoms with Crippen LogP contribution in [0.15, 0.2) is 59.5 Å². The summed E-state index contributed by atoms with van der Waals surface area (Å²) in [5, 5.41) is 2.74. The second-order valence-electron chi connectivity index (χ2n) is 8.01. The van der Waals surface area contributed by atoms with Gasteiger partial charge in [-0.3, -0.25) is 19.3 Å². The lowest BCUT2D eigenvalue weighted by molar-refractivity contribution is -0.140. The number of imide groups is 1. The summed E-state index contributed by atoms with van der Waals surface area (Å²) in [5.74, 6) is 0.112. The average Bonchev–Trinajstić information content (AvgIpc) is 3.03. The smallest absolute Gasteiger partial charge is 0.268 e. The van der Waals surface area contributed by atoms with Crippen LogP contribution in [0.4, 0.5) is 5.69 Å². The Bertz CT molecular complexity index is 1010. The molecule has 1 aliphatic heterocycles. The quantitative estimate of drug-likeness (QED) is 0.651. The van der Waals surface area contributed by atoms with Gasteiger partial charge in [-0.1, -0.05) is 61.7 Å². The molecule has 6 heteroatoms. The lowest BCUT2D eigenvalue weighted by atomic mass is 9.94. The highest BCUT2D eigenvalue weighted by Gasteiger charge is 2.42. The fourth-order valence-electron chi connectivity index (χ4n) is 4.24. The Morgan fingerprint density at radius 2 is 1.65 bits per heavy atom. The van der Waals surface area contributed by atoms with Crippen LogP contribution in [0, 0.1) is 0 Å². The first-order valence-electron chi connectivity index (χ1n) is 10.7. The predicted molar refractivity (Wildman–Crippen MR) is 124 cm³/mol. The first kappa shape index (κ1) is 21.4. The molecule has 0 unspecified atom stereocenters. The zero-order valence-electron chi connectivity index (χ0n) is 17.6. The van der Waals surface area contributed by atoms with E-state index in [9.17, 15) is 14.4 Å². The average molecular weight is 435 g/mol. The third-order valence-corrected chi connectivity index (χ3v) is 6.88. The lowest BCUT2D eigenvalue weighted by Crippen LogP contribution is -2.42. The zero-order chi connectivity index (χ0) is 21.8. The number of nitrogens with one attached hydrogen (secondary N) is 1. The molecular formula is C25H26N2O3S. The highest BCUT2D eigenvalue weighted by molar-refractivity contribution is 8.03. The van der Waals surface area contributed by atoms with E-state index in [1.807, 2.05) is 30.3 Å². The summed E-state index contributed by atoms with van der Waals surface area (Å²) in [7, 11) is 0. The molecule has 1 aliphatic carbocycles. The summed E-state index contributed by atoms with van der Waals surface area (Å²) in [5.41, 5.74) is 2.96.